The van der Waals surface area contributed by atoms with E-state index in [2.05, 4.69) is 53.8 Å². The van der Waals surface area contributed by atoms with Crippen LogP contribution < -0.4 is 5.32 Å². The number of aryl methyl sites for hydroxylation is 1. The minimum Gasteiger partial charge on any atom is -0.308 e. The lowest BCUT2D eigenvalue weighted by atomic mass is 10.0. The van der Waals surface area contributed by atoms with Gasteiger partial charge in [0, 0.05) is 18.0 Å². The second-order valence-electron chi connectivity index (χ2n) is 4.39. The highest BCUT2D eigenvalue weighted by molar-refractivity contribution is 7.07. The first-order chi connectivity index (χ1) is 8.25. The number of aromatic nitrogens is 1. The van der Waals surface area contributed by atoms with Gasteiger partial charge in [-0.15, -0.1) is 11.3 Å². The zero-order valence-corrected chi connectivity index (χ0v) is 11.1. The smallest absolute Gasteiger partial charge is 0.0795 e. The number of hydrogen-bond acceptors (Lipinski definition) is 3. The van der Waals surface area contributed by atoms with Crippen molar-refractivity contribution in [2.24, 2.45) is 0 Å². The quantitative estimate of drug-likeness (QED) is 0.876. The van der Waals surface area contributed by atoms with Crippen molar-refractivity contribution in [2.45, 2.75) is 32.9 Å². The lowest BCUT2D eigenvalue weighted by Gasteiger charge is -2.14. The molecular weight excluding hydrogens is 228 g/mol. The van der Waals surface area contributed by atoms with E-state index in [-0.39, 0.29) is 0 Å². The predicted octanol–water partition coefficient (Wildman–Crippen LogP) is 3.17. The average molecular weight is 246 g/mol. The number of nitrogens with zero attached hydrogens (tertiary/aromatic N) is 1. The summed E-state index contributed by atoms with van der Waals surface area (Å²) >= 11 is 1.65. The van der Waals surface area contributed by atoms with E-state index in [0.29, 0.717) is 6.04 Å². The van der Waals surface area contributed by atoms with Gasteiger partial charge in [-0.1, -0.05) is 24.3 Å². The molecule has 1 N–H and O–H groups in total. The highest BCUT2D eigenvalue weighted by atomic mass is 32.1. The Kier molecular flexibility index (Phi) is 4.29. The molecule has 1 atom stereocenters. The molecule has 0 aliphatic rings. The first kappa shape index (κ1) is 12.3. The molecule has 0 radical (unpaired) electrons. The molecule has 2 aromatic rings. The van der Waals surface area contributed by atoms with Gasteiger partial charge in [-0.3, -0.25) is 0 Å². The van der Waals surface area contributed by atoms with E-state index < -0.39 is 0 Å². The lowest BCUT2D eigenvalue weighted by molar-refractivity contribution is 0.540. The lowest BCUT2D eigenvalue weighted by Crippen LogP contribution is -2.27. The monoisotopic (exact) mass is 246 g/mol. The van der Waals surface area contributed by atoms with Gasteiger partial charge < -0.3 is 5.32 Å². The Morgan fingerprint density at radius 3 is 2.88 bits per heavy atom. The maximum Gasteiger partial charge on any atom is 0.0795 e. The van der Waals surface area contributed by atoms with Crippen molar-refractivity contribution in [1.82, 2.24) is 10.3 Å². The Bertz CT molecular complexity index is 451. The topological polar surface area (TPSA) is 24.9 Å². The molecule has 0 amide bonds. The molecule has 2 nitrogen and oxygen atoms in total. The van der Waals surface area contributed by atoms with Crippen LogP contribution >= 0.6 is 11.3 Å². The van der Waals surface area contributed by atoms with Gasteiger partial charge in [0.25, 0.3) is 0 Å². The minimum absolute atomic E-state index is 0.470. The minimum atomic E-state index is 0.470. The van der Waals surface area contributed by atoms with E-state index in [1.807, 2.05) is 5.51 Å². The van der Waals surface area contributed by atoms with E-state index in [4.69, 9.17) is 0 Å². The molecule has 90 valence electrons. The van der Waals surface area contributed by atoms with Gasteiger partial charge in [0.05, 0.1) is 11.2 Å². The van der Waals surface area contributed by atoms with Gasteiger partial charge in [-0.2, -0.15) is 0 Å². The van der Waals surface area contributed by atoms with Gasteiger partial charge in [0.15, 0.2) is 0 Å². The molecular formula is C14H18N2S. The van der Waals surface area contributed by atoms with Crippen molar-refractivity contribution in [3.63, 3.8) is 0 Å². The van der Waals surface area contributed by atoms with Crippen LogP contribution in [0, 0.1) is 6.92 Å². The van der Waals surface area contributed by atoms with Crippen LogP contribution in [-0.4, -0.2) is 11.0 Å². The molecule has 0 aliphatic heterocycles. The number of benzene rings is 1. The highest BCUT2D eigenvalue weighted by Crippen LogP contribution is 2.10. The Labute approximate surface area is 107 Å². The maximum absolute atomic E-state index is 4.27. The maximum atomic E-state index is 4.27. The Morgan fingerprint density at radius 1 is 1.35 bits per heavy atom. The molecule has 0 bridgehead atoms. The number of nitrogens with one attached hydrogen (secondary N) is 1. The van der Waals surface area contributed by atoms with Gasteiger partial charge in [-0.25, -0.2) is 4.98 Å². The van der Waals surface area contributed by atoms with Crippen molar-refractivity contribution >= 4 is 11.3 Å². The van der Waals surface area contributed by atoms with E-state index in [1.165, 1.54) is 11.1 Å². The first-order valence-corrected chi connectivity index (χ1v) is 6.85. The van der Waals surface area contributed by atoms with Gasteiger partial charge in [-0.05, 0) is 31.4 Å². The third kappa shape index (κ3) is 3.65. The Morgan fingerprint density at radius 2 is 2.18 bits per heavy atom. The van der Waals surface area contributed by atoms with Gasteiger partial charge in [0.2, 0.25) is 0 Å². The fraction of sp³-hybridized carbons (Fsp3) is 0.357. The Balaban J connectivity index is 1.85. The predicted molar refractivity (Wildman–Crippen MR) is 73.3 cm³/mol. The third-order valence-corrected chi connectivity index (χ3v) is 3.54. The molecule has 0 spiro atoms. The molecule has 3 heteroatoms. The molecule has 1 heterocycles. The van der Waals surface area contributed by atoms with E-state index in [0.717, 1.165) is 18.7 Å². The van der Waals surface area contributed by atoms with Crippen molar-refractivity contribution in [2.75, 3.05) is 0 Å². The fourth-order valence-corrected chi connectivity index (χ4v) is 2.40. The summed E-state index contributed by atoms with van der Waals surface area (Å²) in [6.07, 6.45) is 1.07. The van der Waals surface area contributed by atoms with Crippen molar-refractivity contribution in [3.05, 3.63) is 52.0 Å². The van der Waals surface area contributed by atoms with Crippen LogP contribution in [0.4, 0.5) is 0 Å². The molecule has 1 unspecified atom stereocenters. The third-order valence-electron chi connectivity index (χ3n) is 2.90. The van der Waals surface area contributed by atoms with Crippen LogP contribution in [0.15, 0.2) is 35.2 Å². The number of rotatable bonds is 5. The summed E-state index contributed by atoms with van der Waals surface area (Å²) in [6, 6.07) is 9.04. The summed E-state index contributed by atoms with van der Waals surface area (Å²) in [7, 11) is 0. The van der Waals surface area contributed by atoms with Gasteiger partial charge in [0.1, 0.15) is 0 Å². The van der Waals surface area contributed by atoms with Crippen molar-refractivity contribution in [1.29, 1.82) is 0 Å². The summed E-state index contributed by atoms with van der Waals surface area (Å²) in [6.45, 7) is 5.25. The van der Waals surface area contributed by atoms with Gasteiger partial charge >= 0.3 is 0 Å². The Hall–Kier alpha value is -1.19. The number of thiazole rings is 1. The highest BCUT2D eigenvalue weighted by Gasteiger charge is 2.05. The van der Waals surface area contributed by atoms with Crippen molar-refractivity contribution in [3.8, 4) is 0 Å². The summed E-state index contributed by atoms with van der Waals surface area (Å²) in [4.78, 5) is 4.27. The standard InChI is InChI=1S/C14H18N2S/c1-11-5-3-4-6-13(11)7-12(2)15-8-14-9-17-10-16-14/h3-6,9-10,12,15H,7-8H2,1-2H3. The van der Waals surface area contributed by atoms with E-state index >= 15 is 0 Å². The van der Waals surface area contributed by atoms with Crippen LogP contribution in [0.3, 0.4) is 0 Å². The second kappa shape index (κ2) is 5.94. The largest absolute Gasteiger partial charge is 0.308 e. The normalized spacial score (nSPS) is 12.6. The molecule has 1 aromatic carbocycles. The summed E-state index contributed by atoms with van der Waals surface area (Å²) < 4.78 is 0. The summed E-state index contributed by atoms with van der Waals surface area (Å²) in [5, 5.41) is 5.60. The zero-order chi connectivity index (χ0) is 12.1. The van der Waals surface area contributed by atoms with E-state index in [1.54, 1.807) is 11.3 Å². The van der Waals surface area contributed by atoms with Crippen LogP contribution in [0.5, 0.6) is 0 Å². The average Bonchev–Trinajstić information content (AvgIpc) is 2.82. The summed E-state index contributed by atoms with van der Waals surface area (Å²) in [5.41, 5.74) is 5.80. The molecule has 2 rings (SSSR count). The second-order valence-corrected chi connectivity index (χ2v) is 5.11. The molecule has 1 aromatic heterocycles. The van der Waals surface area contributed by atoms with Crippen LogP contribution in [0.25, 0.3) is 0 Å². The fourth-order valence-electron chi connectivity index (χ4n) is 1.84. The molecule has 0 fully saturated rings. The molecule has 0 saturated carbocycles. The number of hydrogen-bond donors (Lipinski definition) is 1. The molecule has 17 heavy (non-hydrogen) atoms. The first-order valence-electron chi connectivity index (χ1n) is 5.90. The van der Waals surface area contributed by atoms with Crippen LogP contribution in [-0.2, 0) is 13.0 Å². The van der Waals surface area contributed by atoms with Crippen LogP contribution in [0.2, 0.25) is 0 Å². The van der Waals surface area contributed by atoms with Crippen LogP contribution in [0.1, 0.15) is 23.7 Å². The molecule has 0 aliphatic carbocycles. The van der Waals surface area contributed by atoms with Crippen molar-refractivity contribution < 1.29 is 0 Å². The zero-order valence-electron chi connectivity index (χ0n) is 10.3. The molecule has 0 saturated heterocycles. The SMILES string of the molecule is Cc1ccccc1CC(C)NCc1cscn1. The summed E-state index contributed by atoms with van der Waals surface area (Å²) in [5.74, 6) is 0. The van der Waals surface area contributed by atoms with E-state index in [9.17, 15) is 0 Å².